The van der Waals surface area contributed by atoms with Crippen LogP contribution in [0.5, 0.6) is 11.5 Å². The van der Waals surface area contributed by atoms with Gasteiger partial charge in [-0.25, -0.2) is 0 Å². The fraction of sp³-hybridized carbons (Fsp3) is 0.536. The summed E-state index contributed by atoms with van der Waals surface area (Å²) in [5, 5.41) is 13.8. The van der Waals surface area contributed by atoms with Gasteiger partial charge in [-0.1, -0.05) is 90.7 Å². The van der Waals surface area contributed by atoms with Crippen LogP contribution in [0.3, 0.4) is 0 Å². The van der Waals surface area contributed by atoms with Crippen LogP contribution in [0.25, 0.3) is 0 Å². The number of phenols is 1. The number of aromatic hydroxyl groups is 1. The van der Waals surface area contributed by atoms with E-state index in [0.717, 1.165) is 18.4 Å². The fourth-order valence-electron chi connectivity index (χ4n) is 3.73. The number of rotatable bonds is 10. The zero-order valence-electron chi connectivity index (χ0n) is 21.7. The third-order valence-corrected chi connectivity index (χ3v) is 7.83. The van der Waals surface area contributed by atoms with Gasteiger partial charge >= 0.3 is 0 Å². The summed E-state index contributed by atoms with van der Waals surface area (Å²) in [5.41, 5.74) is 3.07. The first-order valence-electron chi connectivity index (χ1n) is 12.1. The Bertz CT molecular complexity index is 1030. The van der Waals surface area contributed by atoms with Crippen molar-refractivity contribution in [3.8, 4) is 11.5 Å². The first-order chi connectivity index (χ1) is 15.8. The van der Waals surface area contributed by atoms with E-state index in [9.17, 15) is 9.90 Å². The molecule has 1 atom stereocenters. The zero-order chi connectivity index (χ0) is 25.8. The number of ether oxygens (including phenoxy) is 1. The van der Waals surface area contributed by atoms with Crippen molar-refractivity contribution in [1.82, 2.24) is 0 Å². The smallest absolute Gasteiger partial charge is 0.265 e. The molecule has 0 aliphatic carbocycles. The first kappa shape index (κ1) is 28.3. The lowest BCUT2D eigenvalue weighted by atomic mass is 9.76. The number of halogens is 2. The highest BCUT2D eigenvalue weighted by molar-refractivity contribution is 6.37. The van der Waals surface area contributed by atoms with Crippen molar-refractivity contribution in [3.63, 3.8) is 0 Å². The normalized spacial score (nSPS) is 13.0. The van der Waals surface area contributed by atoms with E-state index in [4.69, 9.17) is 27.9 Å². The van der Waals surface area contributed by atoms with Crippen LogP contribution in [0.4, 0.5) is 5.69 Å². The van der Waals surface area contributed by atoms with Crippen LogP contribution < -0.4 is 10.1 Å². The molecule has 2 rings (SSSR count). The molecule has 0 spiro atoms. The summed E-state index contributed by atoms with van der Waals surface area (Å²) in [7, 11) is 0. The molecular formula is C28H39Cl2NO3. The van der Waals surface area contributed by atoms with Crippen molar-refractivity contribution >= 4 is 34.8 Å². The molecule has 0 bridgehead atoms. The summed E-state index contributed by atoms with van der Waals surface area (Å²) in [4.78, 5) is 13.1. The van der Waals surface area contributed by atoms with Gasteiger partial charge in [0.15, 0.2) is 11.9 Å². The molecule has 0 heterocycles. The number of anilines is 1. The lowest BCUT2D eigenvalue weighted by Crippen LogP contribution is -2.33. The SMILES string of the molecule is CCc1c(Cl)cc(NC(=O)[C@@H](CC)Oc2ccc(C(C)(C)CC)cc2C(C)(C)CC)c(O)c1Cl. The lowest BCUT2D eigenvalue weighted by molar-refractivity contribution is -0.122. The van der Waals surface area contributed by atoms with Crippen LogP contribution in [0.2, 0.25) is 10.0 Å². The molecule has 0 aromatic heterocycles. The highest BCUT2D eigenvalue weighted by atomic mass is 35.5. The summed E-state index contributed by atoms with van der Waals surface area (Å²) in [6.07, 6.45) is 2.22. The fourth-order valence-corrected chi connectivity index (χ4v) is 4.46. The van der Waals surface area contributed by atoms with Crippen molar-refractivity contribution in [3.05, 3.63) is 51.0 Å². The number of nitrogens with one attached hydrogen (secondary N) is 1. The molecular weight excluding hydrogens is 469 g/mol. The van der Waals surface area contributed by atoms with Gasteiger partial charge in [0.25, 0.3) is 5.91 Å². The van der Waals surface area contributed by atoms with Crippen LogP contribution in [-0.4, -0.2) is 17.1 Å². The van der Waals surface area contributed by atoms with E-state index in [2.05, 4.69) is 59.0 Å². The van der Waals surface area contributed by atoms with E-state index in [1.165, 1.54) is 11.6 Å². The quantitative estimate of drug-likeness (QED) is 0.317. The summed E-state index contributed by atoms with van der Waals surface area (Å²) in [6, 6.07) is 7.82. The monoisotopic (exact) mass is 507 g/mol. The Morgan fingerprint density at radius 2 is 1.65 bits per heavy atom. The molecule has 2 aromatic carbocycles. The Kier molecular flexibility index (Phi) is 9.35. The van der Waals surface area contributed by atoms with Crippen molar-refractivity contribution in [2.75, 3.05) is 5.32 Å². The molecule has 0 aliphatic rings. The molecule has 6 heteroatoms. The van der Waals surface area contributed by atoms with E-state index in [-0.39, 0.29) is 33.2 Å². The maximum Gasteiger partial charge on any atom is 0.265 e. The van der Waals surface area contributed by atoms with E-state index in [0.29, 0.717) is 29.2 Å². The molecule has 0 unspecified atom stereocenters. The van der Waals surface area contributed by atoms with E-state index < -0.39 is 6.10 Å². The van der Waals surface area contributed by atoms with Gasteiger partial charge in [0.2, 0.25) is 0 Å². The third kappa shape index (κ3) is 6.01. The number of carbonyl (C=O) groups is 1. The summed E-state index contributed by atoms with van der Waals surface area (Å²) < 4.78 is 6.30. The number of amides is 1. The summed E-state index contributed by atoms with van der Waals surface area (Å²) in [5.74, 6) is 0.142. The molecule has 188 valence electrons. The number of benzene rings is 2. The molecule has 0 aliphatic heterocycles. The maximum atomic E-state index is 13.1. The van der Waals surface area contributed by atoms with Gasteiger partial charge in [-0.15, -0.1) is 0 Å². The number of hydrogen-bond donors (Lipinski definition) is 2. The van der Waals surface area contributed by atoms with Crippen molar-refractivity contribution in [2.24, 2.45) is 0 Å². The van der Waals surface area contributed by atoms with Crippen LogP contribution >= 0.6 is 23.2 Å². The maximum absolute atomic E-state index is 13.1. The minimum atomic E-state index is -0.751. The largest absolute Gasteiger partial charge is 0.504 e. The predicted octanol–water partition coefficient (Wildman–Crippen LogP) is 8.43. The van der Waals surface area contributed by atoms with Crippen molar-refractivity contribution < 1.29 is 14.6 Å². The van der Waals surface area contributed by atoms with Gasteiger partial charge in [-0.2, -0.15) is 0 Å². The Morgan fingerprint density at radius 1 is 1.03 bits per heavy atom. The predicted molar refractivity (Wildman–Crippen MR) is 144 cm³/mol. The molecule has 0 fully saturated rings. The second-order valence-corrected chi connectivity index (χ2v) is 10.9. The lowest BCUT2D eigenvalue weighted by Gasteiger charge is -2.31. The molecule has 4 nitrogen and oxygen atoms in total. The highest BCUT2D eigenvalue weighted by Gasteiger charge is 2.29. The van der Waals surface area contributed by atoms with Gasteiger partial charge in [0.1, 0.15) is 5.75 Å². The Balaban J connectivity index is 2.40. The van der Waals surface area contributed by atoms with E-state index in [1.54, 1.807) is 0 Å². The number of phenolic OH excluding ortho intramolecular Hbond substituents is 1. The number of hydrogen-bond acceptors (Lipinski definition) is 3. The zero-order valence-corrected chi connectivity index (χ0v) is 23.2. The van der Waals surface area contributed by atoms with Crippen molar-refractivity contribution in [1.29, 1.82) is 0 Å². The average Bonchev–Trinajstić information content (AvgIpc) is 2.80. The molecule has 0 saturated heterocycles. The first-order valence-corrected chi connectivity index (χ1v) is 12.9. The van der Waals surface area contributed by atoms with Crippen LogP contribution in [0.1, 0.15) is 91.3 Å². The van der Waals surface area contributed by atoms with Crippen LogP contribution in [0, 0.1) is 0 Å². The van der Waals surface area contributed by atoms with E-state index in [1.807, 2.05) is 19.9 Å². The van der Waals surface area contributed by atoms with Crippen LogP contribution in [-0.2, 0) is 22.0 Å². The number of carbonyl (C=O) groups excluding carboxylic acids is 1. The van der Waals surface area contributed by atoms with Gasteiger partial charge in [0, 0.05) is 10.6 Å². The average molecular weight is 509 g/mol. The molecule has 2 aromatic rings. The highest BCUT2D eigenvalue weighted by Crippen LogP contribution is 2.41. The van der Waals surface area contributed by atoms with Crippen LogP contribution in [0.15, 0.2) is 24.3 Å². The van der Waals surface area contributed by atoms with Gasteiger partial charge in [-0.05, 0) is 59.8 Å². The van der Waals surface area contributed by atoms with Gasteiger partial charge in [-0.3, -0.25) is 4.79 Å². The third-order valence-electron chi connectivity index (χ3n) is 7.09. The molecule has 34 heavy (non-hydrogen) atoms. The molecule has 1 amide bonds. The molecule has 0 radical (unpaired) electrons. The van der Waals surface area contributed by atoms with Gasteiger partial charge in [0.05, 0.1) is 10.7 Å². The molecule has 2 N–H and O–H groups in total. The molecule has 0 saturated carbocycles. The van der Waals surface area contributed by atoms with Gasteiger partial charge < -0.3 is 15.2 Å². The Labute approximate surface area is 215 Å². The topological polar surface area (TPSA) is 58.6 Å². The Hall–Kier alpha value is -1.91. The van der Waals surface area contributed by atoms with Crippen molar-refractivity contribution in [2.45, 2.75) is 98.0 Å². The summed E-state index contributed by atoms with van der Waals surface area (Å²) in [6.45, 7) is 17.0. The minimum absolute atomic E-state index is 0.0410. The standard InChI is InChI=1S/C28H39Cl2NO3/c1-9-18-20(29)16-21(25(32)24(18)30)31-26(33)22(10-2)34-23-14-13-17(27(5,6)11-3)15-19(23)28(7,8)12-4/h13-16,22,32H,9-12H2,1-8H3,(H,31,33)/t22-/m1/s1. The second kappa shape index (κ2) is 11.2. The van der Waals surface area contributed by atoms with E-state index >= 15 is 0 Å². The second-order valence-electron chi connectivity index (χ2n) is 10.1. The minimum Gasteiger partial charge on any atom is -0.504 e. The summed E-state index contributed by atoms with van der Waals surface area (Å²) >= 11 is 12.6. The Morgan fingerprint density at radius 3 is 2.18 bits per heavy atom.